The molecule has 2 N–H and O–H groups in total. The average molecular weight is 356 g/mol. The van der Waals surface area contributed by atoms with E-state index in [1.165, 1.54) is 24.3 Å². The Balaban J connectivity index is 2.55. The average Bonchev–Trinajstić information content (AvgIpc) is 2.38. The Morgan fingerprint density at radius 3 is 2.62 bits per heavy atom. The number of nitro groups is 1. The molecular formula is C12H7BrFN3O4. The summed E-state index contributed by atoms with van der Waals surface area (Å²) in [5, 5.41) is 10.8. The van der Waals surface area contributed by atoms with E-state index in [-0.39, 0.29) is 11.3 Å². The summed E-state index contributed by atoms with van der Waals surface area (Å²) in [6.07, 6.45) is 2.32. The molecule has 0 amide bonds. The Morgan fingerprint density at radius 2 is 1.95 bits per heavy atom. The van der Waals surface area contributed by atoms with E-state index >= 15 is 0 Å². The van der Waals surface area contributed by atoms with Gasteiger partial charge in [0.2, 0.25) is 0 Å². The van der Waals surface area contributed by atoms with Crippen molar-refractivity contribution in [1.29, 1.82) is 0 Å². The zero-order chi connectivity index (χ0) is 15.6. The summed E-state index contributed by atoms with van der Waals surface area (Å²) in [5.74, 6) is -0.552. The second-order valence-electron chi connectivity index (χ2n) is 3.93. The van der Waals surface area contributed by atoms with Crippen LogP contribution in [0, 0.1) is 15.9 Å². The summed E-state index contributed by atoms with van der Waals surface area (Å²) in [4.78, 5) is 36.4. The fourth-order valence-electron chi connectivity index (χ4n) is 1.61. The van der Waals surface area contributed by atoms with Crippen LogP contribution in [-0.2, 0) is 0 Å². The summed E-state index contributed by atoms with van der Waals surface area (Å²) in [6.45, 7) is 0. The molecule has 0 bridgehead atoms. The zero-order valence-electron chi connectivity index (χ0n) is 10.2. The van der Waals surface area contributed by atoms with Gasteiger partial charge in [-0.15, -0.1) is 0 Å². The van der Waals surface area contributed by atoms with Crippen molar-refractivity contribution in [3.8, 4) is 0 Å². The molecule has 0 saturated heterocycles. The van der Waals surface area contributed by atoms with Crippen LogP contribution in [-0.4, -0.2) is 14.9 Å². The molecule has 0 atom stereocenters. The third-order valence-electron chi connectivity index (χ3n) is 2.52. The first-order chi connectivity index (χ1) is 9.88. The van der Waals surface area contributed by atoms with E-state index in [2.05, 4.69) is 20.9 Å². The van der Waals surface area contributed by atoms with Crippen LogP contribution in [0.5, 0.6) is 0 Å². The maximum atomic E-state index is 13.5. The summed E-state index contributed by atoms with van der Waals surface area (Å²) in [6, 6.07) is 4.14. The van der Waals surface area contributed by atoms with Gasteiger partial charge in [-0.05, 0) is 30.4 Å². The van der Waals surface area contributed by atoms with Crippen LogP contribution < -0.4 is 11.2 Å². The monoisotopic (exact) mass is 355 g/mol. The molecule has 0 aliphatic rings. The number of halogens is 2. The van der Waals surface area contributed by atoms with Gasteiger partial charge in [-0.2, -0.15) is 0 Å². The van der Waals surface area contributed by atoms with Gasteiger partial charge >= 0.3 is 16.9 Å². The zero-order valence-corrected chi connectivity index (χ0v) is 11.8. The SMILES string of the molecule is O=c1[nH]c(C=Cc2cc(Br)ccc2F)c([N+](=O)[O-])c(=O)[nH]1. The lowest BCUT2D eigenvalue weighted by atomic mass is 10.2. The molecule has 21 heavy (non-hydrogen) atoms. The summed E-state index contributed by atoms with van der Waals surface area (Å²) < 4.78 is 14.2. The van der Waals surface area contributed by atoms with Gasteiger partial charge in [0.05, 0.1) is 4.92 Å². The number of aromatic nitrogens is 2. The van der Waals surface area contributed by atoms with Crippen LogP contribution in [0.1, 0.15) is 11.3 Å². The van der Waals surface area contributed by atoms with Gasteiger partial charge in [0, 0.05) is 10.0 Å². The van der Waals surface area contributed by atoms with E-state index in [4.69, 9.17) is 0 Å². The number of nitrogens with zero attached hydrogens (tertiary/aromatic N) is 1. The molecule has 0 spiro atoms. The van der Waals surface area contributed by atoms with Crippen molar-refractivity contribution in [2.45, 2.75) is 0 Å². The minimum absolute atomic E-state index is 0.139. The Hall–Kier alpha value is -2.55. The highest BCUT2D eigenvalue weighted by atomic mass is 79.9. The normalized spacial score (nSPS) is 11.0. The van der Waals surface area contributed by atoms with E-state index in [9.17, 15) is 24.1 Å². The van der Waals surface area contributed by atoms with E-state index in [1.807, 2.05) is 0 Å². The van der Waals surface area contributed by atoms with Crippen molar-refractivity contribution >= 4 is 33.8 Å². The molecule has 7 nitrogen and oxygen atoms in total. The lowest BCUT2D eigenvalue weighted by molar-refractivity contribution is -0.386. The molecule has 0 aliphatic carbocycles. The van der Waals surface area contributed by atoms with E-state index < -0.39 is 27.7 Å². The Kier molecular flexibility index (Phi) is 4.13. The second kappa shape index (κ2) is 5.83. The molecule has 2 aromatic rings. The Bertz CT molecular complexity index is 856. The number of rotatable bonds is 3. The topological polar surface area (TPSA) is 109 Å². The Morgan fingerprint density at radius 1 is 1.24 bits per heavy atom. The summed E-state index contributed by atoms with van der Waals surface area (Å²) in [5.41, 5.74) is -3.01. The van der Waals surface area contributed by atoms with Crippen molar-refractivity contribution in [2.75, 3.05) is 0 Å². The molecule has 0 saturated carbocycles. The smallest absolute Gasteiger partial charge is 0.301 e. The van der Waals surface area contributed by atoms with Gasteiger partial charge in [0.25, 0.3) is 0 Å². The molecule has 0 radical (unpaired) electrons. The Labute approximate surface area is 124 Å². The first kappa shape index (κ1) is 14.9. The van der Waals surface area contributed by atoms with Crippen molar-refractivity contribution in [2.24, 2.45) is 0 Å². The minimum Gasteiger partial charge on any atom is -0.301 e. The first-order valence-corrected chi connectivity index (χ1v) is 6.32. The van der Waals surface area contributed by atoms with Gasteiger partial charge in [0.15, 0.2) is 0 Å². The van der Waals surface area contributed by atoms with Crippen molar-refractivity contribution in [3.05, 3.63) is 70.7 Å². The van der Waals surface area contributed by atoms with Crippen LogP contribution in [0.3, 0.4) is 0 Å². The van der Waals surface area contributed by atoms with Crippen LogP contribution in [0.25, 0.3) is 12.2 Å². The quantitative estimate of drug-likeness (QED) is 0.648. The maximum absolute atomic E-state index is 13.5. The lowest BCUT2D eigenvalue weighted by Gasteiger charge is -1.99. The second-order valence-corrected chi connectivity index (χ2v) is 4.84. The van der Waals surface area contributed by atoms with Crippen LogP contribution in [0.2, 0.25) is 0 Å². The molecule has 0 aliphatic heterocycles. The summed E-state index contributed by atoms with van der Waals surface area (Å²) >= 11 is 3.16. The predicted molar refractivity (Wildman–Crippen MR) is 77.4 cm³/mol. The maximum Gasteiger partial charge on any atom is 0.357 e. The number of hydrogen-bond acceptors (Lipinski definition) is 4. The molecule has 9 heteroatoms. The first-order valence-electron chi connectivity index (χ1n) is 5.52. The number of hydrogen-bond donors (Lipinski definition) is 2. The standard InChI is InChI=1S/C12H7BrFN3O4/c13-7-2-3-8(14)6(5-7)1-4-9-10(17(20)21)11(18)16-12(19)15-9/h1-5H,(H2,15,16,18,19). The fourth-order valence-corrected chi connectivity index (χ4v) is 1.99. The number of nitrogens with one attached hydrogen (secondary N) is 2. The van der Waals surface area contributed by atoms with E-state index in [0.29, 0.717) is 4.47 Å². The van der Waals surface area contributed by atoms with E-state index in [1.54, 1.807) is 4.98 Å². The molecule has 1 heterocycles. The van der Waals surface area contributed by atoms with Crippen molar-refractivity contribution in [3.63, 3.8) is 0 Å². The van der Waals surface area contributed by atoms with Crippen LogP contribution in [0.15, 0.2) is 32.3 Å². The third kappa shape index (κ3) is 3.31. The lowest BCUT2D eigenvalue weighted by Crippen LogP contribution is -2.25. The molecule has 1 aromatic heterocycles. The predicted octanol–water partition coefficient (Wildman–Crippen LogP) is 2.04. The summed E-state index contributed by atoms with van der Waals surface area (Å²) in [7, 11) is 0. The number of H-pyrrole nitrogens is 2. The largest absolute Gasteiger partial charge is 0.357 e. The van der Waals surface area contributed by atoms with Gasteiger partial charge in [-0.3, -0.25) is 19.9 Å². The van der Waals surface area contributed by atoms with Gasteiger partial charge in [-0.25, -0.2) is 9.18 Å². The third-order valence-corrected chi connectivity index (χ3v) is 3.01. The van der Waals surface area contributed by atoms with Crippen LogP contribution >= 0.6 is 15.9 Å². The number of benzene rings is 1. The van der Waals surface area contributed by atoms with Gasteiger partial charge in [-0.1, -0.05) is 15.9 Å². The van der Waals surface area contributed by atoms with Crippen LogP contribution in [0.4, 0.5) is 10.1 Å². The molecule has 2 rings (SSSR count). The minimum atomic E-state index is -1.13. The van der Waals surface area contributed by atoms with Gasteiger partial charge < -0.3 is 4.98 Å². The molecule has 108 valence electrons. The molecular weight excluding hydrogens is 349 g/mol. The fraction of sp³-hybridized carbons (Fsp3) is 0. The van der Waals surface area contributed by atoms with E-state index in [0.717, 1.165) is 6.08 Å². The molecule has 1 aromatic carbocycles. The van der Waals surface area contributed by atoms with Crippen molar-refractivity contribution < 1.29 is 9.31 Å². The van der Waals surface area contributed by atoms with Gasteiger partial charge in [0.1, 0.15) is 11.5 Å². The highest BCUT2D eigenvalue weighted by Crippen LogP contribution is 2.19. The molecule has 0 fully saturated rings. The highest BCUT2D eigenvalue weighted by molar-refractivity contribution is 9.10. The molecule has 0 unspecified atom stereocenters. The van der Waals surface area contributed by atoms with Crippen molar-refractivity contribution in [1.82, 2.24) is 9.97 Å². The number of aromatic amines is 2. The highest BCUT2D eigenvalue weighted by Gasteiger charge is 2.18.